The van der Waals surface area contributed by atoms with E-state index in [1.807, 2.05) is 0 Å². The molecule has 0 bridgehead atoms. The number of fused-ring (bicyclic) bond motifs is 1. The van der Waals surface area contributed by atoms with E-state index in [1.165, 1.54) is 0 Å². The first-order valence-electron chi connectivity index (χ1n) is 5.96. The van der Waals surface area contributed by atoms with Crippen LogP contribution in [0.2, 0.25) is 0 Å². The van der Waals surface area contributed by atoms with Crippen molar-refractivity contribution < 1.29 is 14.6 Å². The molecule has 0 saturated heterocycles. The molecule has 18 heavy (non-hydrogen) atoms. The van der Waals surface area contributed by atoms with Gasteiger partial charge < -0.3 is 14.6 Å². The monoisotopic (exact) mass is 245 g/mol. The normalized spacial score (nSPS) is 16.6. The van der Waals surface area contributed by atoms with E-state index >= 15 is 0 Å². The summed E-state index contributed by atoms with van der Waals surface area (Å²) in [5.74, 6) is 1.51. The SMILES string of the molecule is COc1cc2nccc(O)c2cc1OC1(C)CC1. The maximum atomic E-state index is 9.84. The quantitative estimate of drug-likeness (QED) is 0.903. The molecule has 2 aromatic rings. The third-order valence-electron chi connectivity index (χ3n) is 3.31. The van der Waals surface area contributed by atoms with E-state index in [1.54, 1.807) is 31.5 Å². The lowest BCUT2D eigenvalue weighted by molar-refractivity contribution is 0.191. The van der Waals surface area contributed by atoms with Crippen LogP contribution in [0, 0.1) is 0 Å². The van der Waals surface area contributed by atoms with Crippen molar-refractivity contribution in [2.75, 3.05) is 7.11 Å². The summed E-state index contributed by atoms with van der Waals surface area (Å²) >= 11 is 0. The minimum absolute atomic E-state index is 0.0845. The fourth-order valence-corrected chi connectivity index (χ4v) is 1.92. The van der Waals surface area contributed by atoms with E-state index in [2.05, 4.69) is 11.9 Å². The van der Waals surface area contributed by atoms with Gasteiger partial charge in [-0.3, -0.25) is 4.98 Å². The van der Waals surface area contributed by atoms with Crippen LogP contribution in [0.25, 0.3) is 10.9 Å². The second-order valence-corrected chi connectivity index (χ2v) is 4.90. The molecule has 1 aromatic heterocycles. The number of hydrogen-bond donors (Lipinski definition) is 1. The van der Waals surface area contributed by atoms with Gasteiger partial charge in [-0.15, -0.1) is 0 Å². The van der Waals surface area contributed by atoms with Crippen molar-refractivity contribution in [1.82, 2.24) is 4.98 Å². The zero-order chi connectivity index (χ0) is 12.8. The minimum atomic E-state index is -0.0845. The molecule has 0 aliphatic heterocycles. The van der Waals surface area contributed by atoms with Crippen LogP contribution in [0.3, 0.4) is 0 Å². The minimum Gasteiger partial charge on any atom is -0.507 e. The molecule has 1 aromatic carbocycles. The van der Waals surface area contributed by atoms with Crippen molar-refractivity contribution in [3.05, 3.63) is 24.4 Å². The van der Waals surface area contributed by atoms with Gasteiger partial charge in [-0.1, -0.05) is 0 Å². The van der Waals surface area contributed by atoms with Crippen LogP contribution in [-0.2, 0) is 0 Å². The van der Waals surface area contributed by atoms with E-state index in [4.69, 9.17) is 9.47 Å². The Labute approximate surface area is 105 Å². The van der Waals surface area contributed by atoms with Crippen molar-refractivity contribution in [3.63, 3.8) is 0 Å². The molecule has 1 N–H and O–H groups in total. The molecule has 1 saturated carbocycles. The predicted octanol–water partition coefficient (Wildman–Crippen LogP) is 2.88. The lowest BCUT2D eigenvalue weighted by Gasteiger charge is -2.16. The largest absolute Gasteiger partial charge is 0.507 e. The predicted molar refractivity (Wildman–Crippen MR) is 68.2 cm³/mol. The molecule has 4 nitrogen and oxygen atoms in total. The second-order valence-electron chi connectivity index (χ2n) is 4.90. The van der Waals surface area contributed by atoms with Crippen molar-refractivity contribution in [2.24, 2.45) is 0 Å². The molecule has 1 aliphatic carbocycles. The first-order chi connectivity index (χ1) is 8.61. The maximum Gasteiger partial charge on any atom is 0.162 e. The first kappa shape index (κ1) is 11.1. The third kappa shape index (κ3) is 1.83. The van der Waals surface area contributed by atoms with Crippen LogP contribution in [0.1, 0.15) is 19.8 Å². The average Bonchev–Trinajstić information content (AvgIpc) is 3.07. The zero-order valence-electron chi connectivity index (χ0n) is 10.4. The van der Waals surface area contributed by atoms with Crippen LogP contribution in [-0.4, -0.2) is 22.8 Å². The van der Waals surface area contributed by atoms with E-state index in [0.717, 1.165) is 12.8 Å². The maximum absolute atomic E-state index is 9.84. The van der Waals surface area contributed by atoms with Gasteiger partial charge in [-0.2, -0.15) is 0 Å². The summed E-state index contributed by atoms with van der Waals surface area (Å²) in [4.78, 5) is 4.21. The van der Waals surface area contributed by atoms with Gasteiger partial charge in [0.05, 0.1) is 12.6 Å². The lowest BCUT2D eigenvalue weighted by Crippen LogP contribution is -2.12. The Bertz CT molecular complexity index is 605. The van der Waals surface area contributed by atoms with Crippen molar-refractivity contribution >= 4 is 10.9 Å². The number of pyridine rings is 1. The molecular formula is C14H15NO3. The van der Waals surface area contributed by atoms with Gasteiger partial charge in [0, 0.05) is 17.6 Å². The summed E-state index contributed by atoms with van der Waals surface area (Å²) < 4.78 is 11.3. The van der Waals surface area contributed by atoms with Gasteiger partial charge in [0.25, 0.3) is 0 Å². The van der Waals surface area contributed by atoms with Gasteiger partial charge in [-0.05, 0) is 31.9 Å². The van der Waals surface area contributed by atoms with Crippen LogP contribution < -0.4 is 9.47 Å². The Morgan fingerprint density at radius 2 is 2.06 bits per heavy atom. The Kier molecular flexibility index (Phi) is 2.33. The third-order valence-corrected chi connectivity index (χ3v) is 3.31. The molecule has 4 heteroatoms. The van der Waals surface area contributed by atoms with Crippen molar-refractivity contribution in [3.8, 4) is 17.2 Å². The first-order valence-corrected chi connectivity index (χ1v) is 5.96. The molecule has 1 aliphatic rings. The Morgan fingerprint density at radius 3 is 2.72 bits per heavy atom. The Morgan fingerprint density at radius 1 is 1.28 bits per heavy atom. The molecule has 0 radical (unpaired) electrons. The number of methoxy groups -OCH3 is 1. The average molecular weight is 245 g/mol. The van der Waals surface area contributed by atoms with Gasteiger partial charge in [0.2, 0.25) is 0 Å². The number of aromatic hydroxyl groups is 1. The van der Waals surface area contributed by atoms with Gasteiger partial charge in [-0.25, -0.2) is 0 Å². The van der Waals surface area contributed by atoms with E-state index < -0.39 is 0 Å². The fraction of sp³-hybridized carbons (Fsp3) is 0.357. The van der Waals surface area contributed by atoms with Gasteiger partial charge >= 0.3 is 0 Å². The van der Waals surface area contributed by atoms with Gasteiger partial charge in [0.15, 0.2) is 11.5 Å². The molecule has 94 valence electrons. The summed E-state index contributed by atoms with van der Waals surface area (Å²) in [5.41, 5.74) is 0.610. The van der Waals surface area contributed by atoms with Crippen molar-refractivity contribution in [1.29, 1.82) is 0 Å². The number of hydrogen-bond acceptors (Lipinski definition) is 4. The Balaban J connectivity index is 2.13. The summed E-state index contributed by atoms with van der Waals surface area (Å²) in [6.45, 7) is 2.07. The highest BCUT2D eigenvalue weighted by molar-refractivity contribution is 5.87. The zero-order valence-corrected chi connectivity index (χ0v) is 10.4. The molecule has 0 amide bonds. The summed E-state index contributed by atoms with van der Waals surface area (Å²) in [6, 6.07) is 5.15. The van der Waals surface area contributed by atoms with Crippen LogP contribution in [0.5, 0.6) is 17.2 Å². The topological polar surface area (TPSA) is 51.6 Å². The number of rotatable bonds is 3. The summed E-state index contributed by atoms with van der Waals surface area (Å²) in [5, 5.41) is 10.5. The molecular weight excluding hydrogens is 230 g/mol. The molecule has 3 rings (SSSR count). The van der Waals surface area contributed by atoms with E-state index in [9.17, 15) is 5.11 Å². The standard InChI is InChI=1S/C14H15NO3/c1-14(4-5-14)18-13-7-9-10(8-12(13)17-2)15-6-3-11(9)16/h3,6-8H,4-5H2,1-2H3,(H,15,16). The highest BCUT2D eigenvalue weighted by Crippen LogP contribution is 2.44. The highest BCUT2D eigenvalue weighted by Gasteiger charge is 2.40. The summed E-state index contributed by atoms with van der Waals surface area (Å²) in [7, 11) is 1.60. The number of nitrogens with zero attached hydrogens (tertiary/aromatic N) is 1. The van der Waals surface area contributed by atoms with Crippen LogP contribution in [0.4, 0.5) is 0 Å². The van der Waals surface area contributed by atoms with Crippen LogP contribution >= 0.6 is 0 Å². The Hall–Kier alpha value is -1.97. The molecule has 1 fully saturated rings. The van der Waals surface area contributed by atoms with Gasteiger partial charge in [0.1, 0.15) is 11.4 Å². The van der Waals surface area contributed by atoms with Crippen molar-refractivity contribution in [2.45, 2.75) is 25.4 Å². The molecule has 1 heterocycles. The fourth-order valence-electron chi connectivity index (χ4n) is 1.92. The molecule has 0 unspecified atom stereocenters. The van der Waals surface area contributed by atoms with E-state index in [0.29, 0.717) is 22.4 Å². The second kappa shape index (κ2) is 3.77. The van der Waals surface area contributed by atoms with Crippen LogP contribution in [0.15, 0.2) is 24.4 Å². The number of aromatic nitrogens is 1. The van der Waals surface area contributed by atoms with E-state index in [-0.39, 0.29) is 11.4 Å². The molecule has 0 spiro atoms. The number of benzene rings is 1. The highest BCUT2D eigenvalue weighted by atomic mass is 16.5. The summed E-state index contributed by atoms with van der Waals surface area (Å²) in [6.07, 6.45) is 3.67. The smallest absolute Gasteiger partial charge is 0.162 e. The molecule has 0 atom stereocenters. The lowest BCUT2D eigenvalue weighted by atomic mass is 10.2. The number of ether oxygens (including phenoxy) is 2.